The largest absolute Gasteiger partial charge is 0.493 e. The van der Waals surface area contributed by atoms with Crippen molar-refractivity contribution in [2.75, 3.05) is 20.8 Å². The average molecular weight is 358 g/mol. The number of carbonyl (C=O) groups excluding carboxylic acids is 1. The first kappa shape index (κ1) is 19.6. The standard InChI is InChI=1S/C20H26N2O4/c1-4-26-19-17(24-2)11-14(12-18(19)25-3)10-15(13-21)20(23)22-16-8-6-5-7-9-16/h10-12,16H,4-9H2,1-3H3,(H,22,23)/b15-10-. The Morgan fingerprint density at radius 2 is 1.85 bits per heavy atom. The zero-order chi connectivity index (χ0) is 18.9. The lowest BCUT2D eigenvalue weighted by molar-refractivity contribution is -0.117. The number of nitrogens with zero attached hydrogens (tertiary/aromatic N) is 1. The molecule has 6 nitrogen and oxygen atoms in total. The van der Waals surface area contributed by atoms with Gasteiger partial charge in [0.1, 0.15) is 11.6 Å². The Morgan fingerprint density at radius 1 is 1.23 bits per heavy atom. The maximum Gasteiger partial charge on any atom is 0.262 e. The second kappa shape index (κ2) is 9.71. The van der Waals surface area contributed by atoms with Gasteiger partial charge in [0.15, 0.2) is 11.5 Å². The fraction of sp³-hybridized carbons (Fsp3) is 0.500. The summed E-state index contributed by atoms with van der Waals surface area (Å²) in [6.07, 6.45) is 6.91. The van der Waals surface area contributed by atoms with Gasteiger partial charge in [0.25, 0.3) is 5.91 Å². The maximum atomic E-state index is 12.4. The van der Waals surface area contributed by atoms with E-state index in [1.807, 2.05) is 13.0 Å². The monoisotopic (exact) mass is 358 g/mol. The highest BCUT2D eigenvalue weighted by Crippen LogP contribution is 2.39. The fourth-order valence-corrected chi connectivity index (χ4v) is 3.10. The molecular formula is C20H26N2O4. The highest BCUT2D eigenvalue weighted by Gasteiger charge is 2.19. The van der Waals surface area contributed by atoms with E-state index in [0.29, 0.717) is 29.4 Å². The van der Waals surface area contributed by atoms with Gasteiger partial charge in [-0.2, -0.15) is 5.26 Å². The highest BCUT2D eigenvalue weighted by molar-refractivity contribution is 6.02. The number of hydrogen-bond acceptors (Lipinski definition) is 5. The molecular weight excluding hydrogens is 332 g/mol. The smallest absolute Gasteiger partial charge is 0.262 e. The molecule has 1 amide bonds. The molecule has 1 N–H and O–H groups in total. The molecule has 1 saturated carbocycles. The second-order valence-corrected chi connectivity index (χ2v) is 6.17. The van der Waals surface area contributed by atoms with Crippen molar-refractivity contribution in [3.8, 4) is 23.3 Å². The number of methoxy groups -OCH3 is 2. The van der Waals surface area contributed by atoms with Crippen molar-refractivity contribution < 1.29 is 19.0 Å². The normalized spacial score (nSPS) is 15.1. The summed E-state index contributed by atoms with van der Waals surface area (Å²) in [4.78, 5) is 12.4. The first-order chi connectivity index (χ1) is 12.6. The van der Waals surface area contributed by atoms with E-state index in [2.05, 4.69) is 5.32 Å². The summed E-state index contributed by atoms with van der Waals surface area (Å²) in [5.41, 5.74) is 0.696. The highest BCUT2D eigenvalue weighted by atomic mass is 16.5. The van der Waals surface area contributed by atoms with Gasteiger partial charge in [-0.1, -0.05) is 19.3 Å². The Morgan fingerprint density at radius 3 is 2.35 bits per heavy atom. The summed E-state index contributed by atoms with van der Waals surface area (Å²) in [5.74, 6) is 1.14. The van der Waals surface area contributed by atoms with Gasteiger partial charge < -0.3 is 19.5 Å². The van der Waals surface area contributed by atoms with Crippen LogP contribution >= 0.6 is 0 Å². The Labute approximate surface area is 154 Å². The third-order valence-electron chi connectivity index (χ3n) is 4.39. The van der Waals surface area contributed by atoms with E-state index < -0.39 is 0 Å². The van der Waals surface area contributed by atoms with E-state index in [0.717, 1.165) is 25.7 Å². The van der Waals surface area contributed by atoms with Gasteiger partial charge in [-0.25, -0.2) is 0 Å². The first-order valence-corrected chi connectivity index (χ1v) is 8.94. The Balaban J connectivity index is 2.26. The third-order valence-corrected chi connectivity index (χ3v) is 4.39. The number of hydrogen-bond donors (Lipinski definition) is 1. The van der Waals surface area contributed by atoms with Gasteiger partial charge in [0.05, 0.1) is 20.8 Å². The molecule has 140 valence electrons. The SMILES string of the molecule is CCOc1c(OC)cc(/C=C(/C#N)C(=O)NC2CCCCC2)cc1OC. The Hall–Kier alpha value is -2.68. The van der Waals surface area contributed by atoms with Gasteiger partial charge in [-0.15, -0.1) is 0 Å². The summed E-state index contributed by atoms with van der Waals surface area (Å²) < 4.78 is 16.3. The van der Waals surface area contributed by atoms with Gasteiger partial charge in [-0.05, 0) is 43.5 Å². The molecule has 0 spiro atoms. The molecule has 6 heteroatoms. The number of carbonyl (C=O) groups is 1. The molecule has 0 aromatic heterocycles. The minimum absolute atomic E-state index is 0.0591. The molecule has 0 aliphatic heterocycles. The number of ether oxygens (including phenoxy) is 3. The summed E-state index contributed by atoms with van der Waals surface area (Å²) in [6, 6.07) is 5.58. The van der Waals surface area contributed by atoms with E-state index >= 15 is 0 Å². The number of nitrogens with one attached hydrogen (secondary N) is 1. The van der Waals surface area contributed by atoms with Gasteiger partial charge in [0, 0.05) is 6.04 Å². The number of nitriles is 1. The molecule has 0 bridgehead atoms. The van der Waals surface area contributed by atoms with Crippen LogP contribution in [0.1, 0.15) is 44.6 Å². The van der Waals surface area contributed by atoms with E-state index in [9.17, 15) is 10.1 Å². The van der Waals surface area contributed by atoms with Crippen LogP contribution in [0.5, 0.6) is 17.2 Å². The Kier molecular flexibility index (Phi) is 7.34. The maximum absolute atomic E-state index is 12.4. The third kappa shape index (κ3) is 4.92. The van der Waals surface area contributed by atoms with Crippen LogP contribution < -0.4 is 19.5 Å². The summed E-state index contributed by atoms with van der Waals surface area (Å²) in [5, 5.41) is 12.4. The predicted octanol–water partition coefficient (Wildman–Crippen LogP) is 3.46. The molecule has 26 heavy (non-hydrogen) atoms. The van der Waals surface area contributed by atoms with E-state index in [1.54, 1.807) is 18.2 Å². The molecule has 1 aromatic carbocycles. The number of benzene rings is 1. The Bertz CT molecular complexity index is 675. The van der Waals surface area contributed by atoms with Gasteiger partial charge in [-0.3, -0.25) is 4.79 Å². The molecule has 1 aliphatic rings. The second-order valence-electron chi connectivity index (χ2n) is 6.17. The van der Waals surface area contributed by atoms with Crippen molar-refractivity contribution in [2.45, 2.75) is 45.1 Å². The van der Waals surface area contributed by atoms with Crippen molar-refractivity contribution in [3.05, 3.63) is 23.3 Å². The van der Waals surface area contributed by atoms with Crippen molar-refractivity contribution in [1.82, 2.24) is 5.32 Å². The molecule has 0 unspecified atom stereocenters. The topological polar surface area (TPSA) is 80.6 Å². The minimum Gasteiger partial charge on any atom is -0.493 e. The molecule has 0 radical (unpaired) electrons. The average Bonchev–Trinajstić information content (AvgIpc) is 2.67. The van der Waals surface area contributed by atoms with Crippen molar-refractivity contribution in [3.63, 3.8) is 0 Å². The van der Waals surface area contributed by atoms with E-state index in [1.165, 1.54) is 20.6 Å². The van der Waals surface area contributed by atoms with Crippen LogP contribution in [0.3, 0.4) is 0 Å². The van der Waals surface area contributed by atoms with E-state index in [4.69, 9.17) is 14.2 Å². The van der Waals surface area contributed by atoms with Crippen molar-refractivity contribution >= 4 is 12.0 Å². The molecule has 1 aliphatic carbocycles. The van der Waals surface area contributed by atoms with Crippen LogP contribution in [-0.2, 0) is 4.79 Å². The molecule has 0 heterocycles. The lowest BCUT2D eigenvalue weighted by Gasteiger charge is -2.22. The lowest BCUT2D eigenvalue weighted by atomic mass is 9.95. The summed E-state index contributed by atoms with van der Waals surface area (Å²) in [6.45, 7) is 2.34. The lowest BCUT2D eigenvalue weighted by Crippen LogP contribution is -2.36. The van der Waals surface area contributed by atoms with Crippen LogP contribution in [-0.4, -0.2) is 32.8 Å². The zero-order valence-corrected chi connectivity index (χ0v) is 15.6. The molecule has 0 atom stereocenters. The van der Waals surface area contributed by atoms with Crippen molar-refractivity contribution in [1.29, 1.82) is 5.26 Å². The molecule has 0 saturated heterocycles. The fourth-order valence-electron chi connectivity index (χ4n) is 3.10. The molecule has 1 aromatic rings. The summed E-state index contributed by atoms with van der Waals surface area (Å²) >= 11 is 0. The number of amides is 1. The van der Waals surface area contributed by atoms with Gasteiger partial charge in [0.2, 0.25) is 5.75 Å². The van der Waals surface area contributed by atoms with Crippen LogP contribution in [0.2, 0.25) is 0 Å². The van der Waals surface area contributed by atoms with Crippen LogP contribution in [0.25, 0.3) is 6.08 Å². The summed E-state index contributed by atoms with van der Waals surface area (Å²) in [7, 11) is 3.07. The molecule has 1 fully saturated rings. The van der Waals surface area contributed by atoms with Crippen LogP contribution in [0.15, 0.2) is 17.7 Å². The quantitative estimate of drug-likeness (QED) is 0.596. The van der Waals surface area contributed by atoms with Gasteiger partial charge >= 0.3 is 0 Å². The van der Waals surface area contributed by atoms with Crippen LogP contribution in [0.4, 0.5) is 0 Å². The zero-order valence-electron chi connectivity index (χ0n) is 15.6. The van der Waals surface area contributed by atoms with E-state index in [-0.39, 0.29) is 17.5 Å². The van der Waals surface area contributed by atoms with Crippen LogP contribution in [0, 0.1) is 11.3 Å². The first-order valence-electron chi connectivity index (χ1n) is 8.94. The predicted molar refractivity (Wildman–Crippen MR) is 99.3 cm³/mol. The molecule has 2 rings (SSSR count). The van der Waals surface area contributed by atoms with Crippen molar-refractivity contribution in [2.24, 2.45) is 0 Å². The number of rotatable bonds is 7. The minimum atomic E-state index is -0.341.